The zero-order valence-electron chi connectivity index (χ0n) is 22.3. The molecule has 216 valence electrons. The number of hydrogen-bond donors (Lipinski definition) is 2. The van der Waals surface area contributed by atoms with Crippen molar-refractivity contribution in [3.8, 4) is 6.07 Å². The summed E-state index contributed by atoms with van der Waals surface area (Å²) in [6.07, 6.45) is 3.29. The minimum Gasteiger partial charge on any atom is -0.388 e. The molecule has 0 spiro atoms. The molecule has 1 aliphatic heterocycles. The predicted molar refractivity (Wildman–Crippen MR) is 142 cm³/mol. The zero-order chi connectivity index (χ0) is 28.8. The van der Waals surface area contributed by atoms with E-state index in [1.807, 2.05) is 19.9 Å². The molecule has 0 aromatic carbocycles. The van der Waals surface area contributed by atoms with Crippen molar-refractivity contribution in [2.24, 2.45) is 0 Å². The summed E-state index contributed by atoms with van der Waals surface area (Å²) < 4.78 is 51.4. The average molecular weight is 585 g/mol. The number of fused-ring (bicyclic) bond motifs is 1. The second kappa shape index (κ2) is 22.1. The van der Waals surface area contributed by atoms with E-state index in [1.165, 1.54) is 25.8 Å². The van der Waals surface area contributed by atoms with E-state index in [4.69, 9.17) is 23.9 Å². The molecule has 16 heteroatoms. The average Bonchev–Trinajstić information content (AvgIpc) is 3.45. The zero-order valence-corrected chi connectivity index (χ0v) is 24.2. The van der Waals surface area contributed by atoms with E-state index in [1.54, 1.807) is 10.8 Å². The first kappa shape index (κ1) is 36.2. The molecule has 12 nitrogen and oxygen atoms in total. The number of imidazole rings is 1. The van der Waals surface area contributed by atoms with Gasteiger partial charge in [-0.15, -0.1) is 9.05 Å². The highest BCUT2D eigenvalue weighted by molar-refractivity contribution is 7.46. The molecule has 2 aromatic rings. The van der Waals surface area contributed by atoms with Crippen molar-refractivity contribution in [3.05, 3.63) is 18.3 Å². The molecular formula is C22H38F2N5O7P2+. The van der Waals surface area contributed by atoms with Crippen LogP contribution in [0.5, 0.6) is 0 Å². The van der Waals surface area contributed by atoms with Crippen molar-refractivity contribution in [2.75, 3.05) is 33.5 Å². The van der Waals surface area contributed by atoms with Gasteiger partial charge in [-0.05, 0) is 0 Å². The number of aliphatic hydroxyl groups excluding tert-OH is 1. The van der Waals surface area contributed by atoms with Gasteiger partial charge in [-0.3, -0.25) is 0 Å². The highest BCUT2D eigenvalue weighted by Crippen LogP contribution is 2.31. The van der Waals surface area contributed by atoms with Gasteiger partial charge >= 0.3 is 8.00 Å². The maximum absolute atomic E-state index is 12.4. The molecule has 1 aliphatic rings. The van der Waals surface area contributed by atoms with Crippen LogP contribution in [0.25, 0.3) is 11.2 Å². The number of methoxy groups -OCH3 is 1. The molecule has 1 fully saturated rings. The van der Waals surface area contributed by atoms with Crippen LogP contribution in [-0.2, 0) is 36.2 Å². The van der Waals surface area contributed by atoms with Crippen molar-refractivity contribution in [2.45, 2.75) is 65.7 Å². The summed E-state index contributed by atoms with van der Waals surface area (Å²) in [4.78, 5) is 20.5. The summed E-state index contributed by atoms with van der Waals surface area (Å²) in [5.41, 5.74) is 1.26. The normalized spacial score (nSPS) is 16.2. The fraction of sp³-hybridized carbons (Fsp3) is 0.682. The van der Waals surface area contributed by atoms with Gasteiger partial charge < -0.3 is 28.6 Å². The smallest absolute Gasteiger partial charge is 0.388 e. The SMILES string of the molecule is CC.CCC.COC=[P+](OCCC#N)OCCn1c(CO)nc2cncnc21.OPOC1COCC1(F)F. The molecule has 3 rings (SSSR count). The van der Waals surface area contributed by atoms with E-state index in [-0.39, 0.29) is 26.2 Å². The van der Waals surface area contributed by atoms with E-state index < -0.39 is 35.7 Å². The van der Waals surface area contributed by atoms with Gasteiger partial charge in [0.2, 0.25) is 0 Å². The summed E-state index contributed by atoms with van der Waals surface area (Å²) in [6.45, 7) is 8.35. The summed E-state index contributed by atoms with van der Waals surface area (Å²) in [7, 11) is -0.730. The molecule has 0 amide bonds. The first-order valence-electron chi connectivity index (χ1n) is 11.9. The standard InChI is InChI=1S/C13H17N5O4P.C4H7F2O3P.C3H8.C2H6/c1-20-10-23(21-5-2-3-14)22-6-4-18-12(8-19)17-11-7-15-9-16-13(11)18;5-4(6)2-8-1-3(4)9-10-7;1-3-2;1-2/h7,9-10,19H,2,4-6,8H2,1H3;3,7,10H,1-2H2;3H2,1-2H3;1-2H3/q+1;;;. The van der Waals surface area contributed by atoms with Crippen molar-refractivity contribution in [1.29, 1.82) is 5.26 Å². The number of aliphatic hydroxyl groups is 1. The van der Waals surface area contributed by atoms with Gasteiger partial charge in [0.25, 0.3) is 11.9 Å². The largest absolute Gasteiger partial charge is 0.457 e. The highest BCUT2D eigenvalue weighted by atomic mass is 31.1. The van der Waals surface area contributed by atoms with Crippen LogP contribution in [0.3, 0.4) is 0 Å². The quantitative estimate of drug-likeness (QED) is 0.291. The Hall–Kier alpha value is -1.78. The van der Waals surface area contributed by atoms with E-state index >= 15 is 0 Å². The van der Waals surface area contributed by atoms with Crippen LogP contribution >= 0.6 is 17.0 Å². The highest BCUT2D eigenvalue weighted by Gasteiger charge is 2.46. The Morgan fingerprint density at radius 1 is 1.34 bits per heavy atom. The molecule has 0 radical (unpaired) electrons. The number of hydrogen-bond acceptors (Lipinski definition) is 11. The number of nitriles is 1. The van der Waals surface area contributed by atoms with E-state index in [2.05, 4.69) is 38.1 Å². The fourth-order valence-corrected chi connectivity index (χ4v) is 3.84. The number of aromatic nitrogens is 4. The van der Waals surface area contributed by atoms with Crippen molar-refractivity contribution in [3.63, 3.8) is 0 Å². The van der Waals surface area contributed by atoms with Gasteiger partial charge in [0.15, 0.2) is 20.8 Å². The van der Waals surface area contributed by atoms with E-state index in [0.717, 1.165) is 0 Å². The van der Waals surface area contributed by atoms with Crippen molar-refractivity contribution >= 4 is 34.2 Å². The van der Waals surface area contributed by atoms with E-state index in [9.17, 15) is 13.9 Å². The third kappa shape index (κ3) is 13.3. The summed E-state index contributed by atoms with van der Waals surface area (Å²) in [6, 6.07) is 2.00. The van der Waals surface area contributed by atoms with Crippen LogP contribution in [0.15, 0.2) is 12.5 Å². The number of nitrogens with zero attached hydrogens (tertiary/aromatic N) is 5. The van der Waals surface area contributed by atoms with Crippen LogP contribution in [0, 0.1) is 11.3 Å². The second-order valence-electron chi connectivity index (χ2n) is 6.95. The second-order valence-corrected chi connectivity index (χ2v) is 8.67. The monoisotopic (exact) mass is 584 g/mol. The van der Waals surface area contributed by atoms with Gasteiger partial charge in [0.05, 0.1) is 31.8 Å². The third-order valence-corrected chi connectivity index (χ3v) is 5.66. The Labute approximate surface area is 224 Å². The van der Waals surface area contributed by atoms with Crippen LogP contribution in [0.4, 0.5) is 8.78 Å². The minimum atomic E-state index is -2.93. The molecule has 0 saturated carbocycles. The molecular weight excluding hydrogens is 546 g/mol. The lowest BCUT2D eigenvalue weighted by Crippen LogP contribution is -2.32. The summed E-state index contributed by atoms with van der Waals surface area (Å²) >= 11 is 0. The number of rotatable bonds is 11. The maximum Gasteiger partial charge on any atom is 0.457 e. The number of ether oxygens (including phenoxy) is 2. The van der Waals surface area contributed by atoms with Gasteiger partial charge in [-0.1, -0.05) is 34.1 Å². The van der Waals surface area contributed by atoms with Gasteiger partial charge in [-0.25, -0.2) is 23.7 Å². The molecule has 38 heavy (non-hydrogen) atoms. The van der Waals surface area contributed by atoms with Crippen LogP contribution in [0.1, 0.15) is 46.4 Å². The maximum atomic E-state index is 12.4. The van der Waals surface area contributed by atoms with Gasteiger partial charge in [0.1, 0.15) is 44.1 Å². The lowest BCUT2D eigenvalue weighted by atomic mass is 10.2. The van der Waals surface area contributed by atoms with Crippen LogP contribution in [0.2, 0.25) is 0 Å². The Morgan fingerprint density at radius 2 is 2.03 bits per heavy atom. The summed E-state index contributed by atoms with van der Waals surface area (Å²) in [5, 5.41) is 17.9. The molecule has 3 unspecified atom stereocenters. The van der Waals surface area contributed by atoms with E-state index in [0.29, 0.717) is 30.1 Å². The number of alkyl halides is 2. The predicted octanol–water partition coefficient (Wildman–Crippen LogP) is 3.96. The van der Waals surface area contributed by atoms with Crippen LogP contribution < -0.4 is 0 Å². The minimum absolute atomic E-state index is 0.138. The topological polar surface area (TPSA) is 154 Å². The Morgan fingerprint density at radius 3 is 2.58 bits per heavy atom. The lowest BCUT2D eigenvalue weighted by molar-refractivity contribution is -0.0638. The molecule has 0 aliphatic carbocycles. The first-order chi connectivity index (χ1) is 18.4. The molecule has 3 heterocycles. The molecule has 2 aromatic heterocycles. The Bertz CT molecular complexity index is 964. The third-order valence-electron chi connectivity index (χ3n) is 4.02. The lowest BCUT2D eigenvalue weighted by Gasteiger charge is -2.14. The molecule has 1 saturated heterocycles. The molecule has 3 atom stereocenters. The van der Waals surface area contributed by atoms with Crippen molar-refractivity contribution in [1.82, 2.24) is 19.5 Å². The Kier molecular flexibility index (Phi) is 21.0. The van der Waals surface area contributed by atoms with Gasteiger partial charge in [0, 0.05) is 7.11 Å². The Balaban J connectivity index is 0.000000756. The van der Waals surface area contributed by atoms with Crippen molar-refractivity contribution < 1.29 is 41.8 Å². The number of halogens is 2. The molecule has 0 bridgehead atoms. The first-order valence-corrected chi connectivity index (χ1v) is 14.0. The summed E-state index contributed by atoms with van der Waals surface area (Å²) in [5.74, 6) is -0.974. The van der Waals surface area contributed by atoms with Crippen LogP contribution in [-0.4, -0.2) is 81.1 Å². The van der Waals surface area contributed by atoms with Gasteiger partial charge in [-0.2, -0.15) is 5.26 Å². The fourth-order valence-electron chi connectivity index (χ4n) is 2.57. The molecule has 2 N–H and O–H groups in total.